The van der Waals surface area contributed by atoms with Gasteiger partial charge in [0, 0.05) is 29.5 Å². The molecule has 2 aromatic carbocycles. The van der Waals surface area contributed by atoms with Crippen LogP contribution in [0.5, 0.6) is 0 Å². The van der Waals surface area contributed by atoms with E-state index in [1.165, 1.54) is 11.3 Å². The lowest BCUT2D eigenvalue weighted by molar-refractivity contribution is 0.634. The van der Waals surface area contributed by atoms with Crippen LogP contribution in [0.25, 0.3) is 32.7 Å². The summed E-state index contributed by atoms with van der Waals surface area (Å²) in [6, 6.07) is 20.1. The smallest absolute Gasteiger partial charge is 0.263 e. The van der Waals surface area contributed by atoms with Crippen molar-refractivity contribution in [3.8, 4) is 28.6 Å². The van der Waals surface area contributed by atoms with Crippen molar-refractivity contribution in [3.63, 3.8) is 0 Å². The van der Waals surface area contributed by atoms with Gasteiger partial charge in [-0.1, -0.05) is 54.1 Å². The fourth-order valence-corrected chi connectivity index (χ4v) is 4.32. The Morgan fingerprint density at radius 2 is 1.89 bits per heavy atom. The Labute approximate surface area is 167 Å². The molecule has 0 fully saturated rings. The number of rotatable bonds is 5. The molecule has 0 saturated heterocycles. The van der Waals surface area contributed by atoms with Gasteiger partial charge in [-0.25, -0.2) is 4.98 Å². The van der Waals surface area contributed by atoms with Gasteiger partial charge in [-0.2, -0.15) is 5.26 Å². The molecule has 0 unspecified atom stereocenters. The number of aryl methyl sites for hydroxylation is 1. The molecule has 0 bridgehead atoms. The Hall–Kier alpha value is -3.23. The Kier molecular flexibility index (Phi) is 5.05. The third kappa shape index (κ3) is 3.35. The normalized spacial score (nSPS) is 10.9. The van der Waals surface area contributed by atoms with Gasteiger partial charge in [0.2, 0.25) is 0 Å². The van der Waals surface area contributed by atoms with Gasteiger partial charge in [0.15, 0.2) is 0 Å². The van der Waals surface area contributed by atoms with Crippen LogP contribution < -0.4 is 5.56 Å². The molecule has 0 spiro atoms. The molecule has 0 N–H and O–H groups in total. The van der Waals surface area contributed by atoms with Crippen LogP contribution in [-0.2, 0) is 6.54 Å². The Morgan fingerprint density at radius 3 is 2.64 bits per heavy atom. The number of nitriles is 1. The highest BCUT2D eigenvalue weighted by atomic mass is 32.1. The maximum atomic E-state index is 13.5. The van der Waals surface area contributed by atoms with Crippen LogP contribution in [0.2, 0.25) is 0 Å². The Bertz CT molecular complexity index is 1230. The van der Waals surface area contributed by atoms with Gasteiger partial charge in [-0.3, -0.25) is 9.36 Å². The minimum Gasteiger partial charge on any atom is -0.292 e. The molecule has 2 aromatic heterocycles. The Balaban J connectivity index is 1.96. The predicted octanol–water partition coefficient (Wildman–Crippen LogP) is 5.40. The highest BCUT2D eigenvalue weighted by Crippen LogP contribution is 2.32. The van der Waals surface area contributed by atoms with Crippen molar-refractivity contribution in [3.05, 3.63) is 75.9 Å². The van der Waals surface area contributed by atoms with Crippen molar-refractivity contribution in [2.45, 2.75) is 26.3 Å². The van der Waals surface area contributed by atoms with E-state index in [1.54, 1.807) is 4.57 Å². The maximum absolute atomic E-state index is 13.5. The van der Waals surface area contributed by atoms with E-state index in [1.807, 2.05) is 66.9 Å². The molecule has 2 heterocycles. The summed E-state index contributed by atoms with van der Waals surface area (Å²) in [7, 11) is 0. The average molecular weight is 385 g/mol. The zero-order valence-electron chi connectivity index (χ0n) is 15.6. The van der Waals surface area contributed by atoms with Crippen molar-refractivity contribution < 1.29 is 0 Å². The fraction of sp³-hybridized carbons (Fsp3) is 0.174. The first-order valence-corrected chi connectivity index (χ1v) is 10.1. The number of nitrogens with zero attached hydrogens (tertiary/aromatic N) is 3. The number of aromatic nitrogens is 2. The predicted molar refractivity (Wildman–Crippen MR) is 114 cm³/mol. The van der Waals surface area contributed by atoms with E-state index in [0.717, 1.165) is 27.1 Å². The summed E-state index contributed by atoms with van der Waals surface area (Å²) in [4.78, 5) is 19.1. The van der Waals surface area contributed by atoms with Crippen LogP contribution in [0, 0.1) is 18.3 Å². The second-order valence-electron chi connectivity index (χ2n) is 6.72. The minimum atomic E-state index is -0.0421. The molecular formula is C23H19N3OS. The molecule has 4 aromatic rings. The first kappa shape index (κ1) is 18.1. The third-order valence-electron chi connectivity index (χ3n) is 4.73. The molecule has 0 radical (unpaired) electrons. The largest absolute Gasteiger partial charge is 0.292 e. The molecule has 0 aliphatic carbocycles. The Morgan fingerprint density at radius 1 is 1.11 bits per heavy atom. The first-order valence-electron chi connectivity index (χ1n) is 9.20. The van der Waals surface area contributed by atoms with E-state index < -0.39 is 0 Å². The van der Waals surface area contributed by atoms with Crippen LogP contribution >= 0.6 is 11.3 Å². The zero-order valence-corrected chi connectivity index (χ0v) is 16.4. The average Bonchev–Trinajstić information content (AvgIpc) is 3.14. The van der Waals surface area contributed by atoms with Crippen LogP contribution in [0.1, 0.15) is 18.4 Å². The number of fused-ring (bicyclic) bond motifs is 1. The lowest BCUT2D eigenvalue weighted by Crippen LogP contribution is -2.23. The van der Waals surface area contributed by atoms with Crippen molar-refractivity contribution in [2.24, 2.45) is 0 Å². The topological polar surface area (TPSA) is 58.7 Å². The van der Waals surface area contributed by atoms with Crippen LogP contribution in [0.4, 0.5) is 0 Å². The summed E-state index contributed by atoms with van der Waals surface area (Å²) in [5, 5.41) is 11.6. The van der Waals surface area contributed by atoms with E-state index in [-0.39, 0.29) is 5.56 Å². The molecule has 28 heavy (non-hydrogen) atoms. The van der Waals surface area contributed by atoms with Gasteiger partial charge in [-0.15, -0.1) is 11.3 Å². The van der Waals surface area contributed by atoms with E-state index in [4.69, 9.17) is 10.2 Å². The van der Waals surface area contributed by atoms with E-state index in [0.29, 0.717) is 30.6 Å². The summed E-state index contributed by atoms with van der Waals surface area (Å²) in [5.41, 5.74) is 3.93. The molecule has 138 valence electrons. The number of hydrogen-bond donors (Lipinski definition) is 0. The maximum Gasteiger partial charge on any atom is 0.263 e. The quantitative estimate of drug-likeness (QED) is 0.432. The highest BCUT2D eigenvalue weighted by molar-refractivity contribution is 7.17. The third-order valence-corrected chi connectivity index (χ3v) is 5.60. The second kappa shape index (κ2) is 7.79. The van der Waals surface area contributed by atoms with E-state index in [2.05, 4.69) is 6.07 Å². The summed E-state index contributed by atoms with van der Waals surface area (Å²) >= 11 is 1.50. The molecule has 0 saturated carbocycles. The lowest BCUT2D eigenvalue weighted by Gasteiger charge is -2.13. The molecule has 4 nitrogen and oxygen atoms in total. The number of hydrogen-bond acceptors (Lipinski definition) is 4. The molecule has 0 aliphatic heterocycles. The van der Waals surface area contributed by atoms with Gasteiger partial charge in [0.25, 0.3) is 5.56 Å². The molecule has 0 aliphatic rings. The van der Waals surface area contributed by atoms with E-state index >= 15 is 0 Å². The molecular weight excluding hydrogens is 366 g/mol. The van der Waals surface area contributed by atoms with Crippen molar-refractivity contribution in [2.75, 3.05) is 0 Å². The molecule has 5 heteroatoms. The van der Waals surface area contributed by atoms with Crippen LogP contribution in [0.3, 0.4) is 0 Å². The molecule has 0 amide bonds. The summed E-state index contributed by atoms with van der Waals surface area (Å²) in [6.45, 7) is 2.50. The summed E-state index contributed by atoms with van der Waals surface area (Å²) in [6.07, 6.45) is 1.03. The summed E-state index contributed by atoms with van der Waals surface area (Å²) in [5.74, 6) is 0.667. The fourth-order valence-electron chi connectivity index (χ4n) is 3.38. The van der Waals surface area contributed by atoms with Crippen molar-refractivity contribution in [1.82, 2.24) is 9.55 Å². The summed E-state index contributed by atoms with van der Waals surface area (Å²) < 4.78 is 1.73. The second-order valence-corrected chi connectivity index (χ2v) is 7.58. The van der Waals surface area contributed by atoms with Gasteiger partial charge in [0.1, 0.15) is 10.7 Å². The van der Waals surface area contributed by atoms with Gasteiger partial charge >= 0.3 is 0 Å². The van der Waals surface area contributed by atoms with Crippen LogP contribution in [0.15, 0.2) is 64.8 Å². The number of unbranched alkanes of at least 4 members (excludes halogenated alkanes) is 1. The van der Waals surface area contributed by atoms with Gasteiger partial charge in [-0.05, 0) is 25.0 Å². The minimum absolute atomic E-state index is 0.0421. The number of thiophene rings is 1. The van der Waals surface area contributed by atoms with Crippen LogP contribution in [-0.4, -0.2) is 9.55 Å². The lowest BCUT2D eigenvalue weighted by atomic mass is 10.1. The zero-order chi connectivity index (χ0) is 19.5. The monoisotopic (exact) mass is 385 g/mol. The van der Waals surface area contributed by atoms with Gasteiger partial charge < -0.3 is 0 Å². The number of benzene rings is 2. The molecule has 4 rings (SSSR count). The highest BCUT2D eigenvalue weighted by Gasteiger charge is 2.18. The van der Waals surface area contributed by atoms with Crippen molar-refractivity contribution in [1.29, 1.82) is 5.26 Å². The SMILES string of the molecule is Cc1cccc(-c2nc3scc(-c4ccccc4)c3c(=O)n2CCCC#N)c1. The van der Waals surface area contributed by atoms with Crippen molar-refractivity contribution >= 4 is 21.6 Å². The molecule has 0 atom stereocenters. The van der Waals surface area contributed by atoms with Gasteiger partial charge in [0.05, 0.1) is 11.5 Å². The first-order chi connectivity index (χ1) is 13.7. The van der Waals surface area contributed by atoms with E-state index in [9.17, 15) is 4.79 Å². The standard InChI is InChI=1S/C23H19N3OS/c1-16-8-7-11-18(14-16)21-25-22-20(23(27)26(21)13-6-5-12-24)19(15-28-22)17-9-3-2-4-10-17/h2-4,7-11,14-15H,5-6,13H2,1H3.